The summed E-state index contributed by atoms with van der Waals surface area (Å²) in [4.78, 5) is 14.1. The van der Waals surface area contributed by atoms with Gasteiger partial charge in [-0.3, -0.25) is 0 Å². The fraction of sp³-hybridized carbons (Fsp3) is 0. The van der Waals surface area contributed by atoms with Crippen LogP contribution in [0.2, 0.25) is 0 Å². The first kappa shape index (κ1) is 10.2. The van der Waals surface area contributed by atoms with Gasteiger partial charge >= 0.3 is 0 Å². The maximum atomic E-state index is 12.6. The van der Waals surface area contributed by atoms with Gasteiger partial charge in [0, 0.05) is 5.69 Å². The molecule has 4 nitrogen and oxygen atoms in total. The van der Waals surface area contributed by atoms with Crippen molar-refractivity contribution in [2.75, 3.05) is 5.32 Å². The maximum absolute atomic E-state index is 12.6. The van der Waals surface area contributed by atoms with E-state index in [1.807, 2.05) is 0 Å². The van der Waals surface area contributed by atoms with E-state index >= 15 is 0 Å². The van der Waals surface area contributed by atoms with Gasteiger partial charge in [-0.2, -0.15) is 0 Å². The SMILES string of the molecule is O=Nc1ccc(Nc2ccc(F)cc2)nc1. The van der Waals surface area contributed by atoms with Crippen molar-refractivity contribution in [2.45, 2.75) is 0 Å². The number of pyridine rings is 1. The van der Waals surface area contributed by atoms with Crippen LogP contribution in [0.4, 0.5) is 21.6 Å². The van der Waals surface area contributed by atoms with Crippen molar-refractivity contribution >= 4 is 17.2 Å². The summed E-state index contributed by atoms with van der Waals surface area (Å²) in [6.45, 7) is 0. The lowest BCUT2D eigenvalue weighted by molar-refractivity contribution is 0.628. The minimum atomic E-state index is -0.293. The largest absolute Gasteiger partial charge is 0.340 e. The van der Waals surface area contributed by atoms with E-state index < -0.39 is 0 Å². The van der Waals surface area contributed by atoms with Crippen LogP contribution in [0, 0.1) is 10.7 Å². The predicted octanol–water partition coefficient (Wildman–Crippen LogP) is 3.36. The Labute approximate surface area is 91.1 Å². The van der Waals surface area contributed by atoms with Crippen molar-refractivity contribution in [1.82, 2.24) is 4.98 Å². The monoisotopic (exact) mass is 217 g/mol. The van der Waals surface area contributed by atoms with Crippen LogP contribution in [0.15, 0.2) is 47.8 Å². The molecule has 2 aromatic rings. The van der Waals surface area contributed by atoms with Gasteiger partial charge in [0.15, 0.2) is 0 Å². The van der Waals surface area contributed by atoms with Crippen LogP contribution >= 0.6 is 0 Å². The molecule has 1 aromatic carbocycles. The van der Waals surface area contributed by atoms with Crippen LogP contribution < -0.4 is 5.32 Å². The van der Waals surface area contributed by atoms with Crippen LogP contribution in [-0.4, -0.2) is 4.98 Å². The van der Waals surface area contributed by atoms with Crippen LogP contribution in [0.25, 0.3) is 0 Å². The number of anilines is 2. The van der Waals surface area contributed by atoms with Gasteiger partial charge in [0.1, 0.15) is 17.3 Å². The first-order chi connectivity index (χ1) is 7.78. The Hall–Kier alpha value is -2.30. The van der Waals surface area contributed by atoms with Gasteiger partial charge in [0.2, 0.25) is 0 Å². The molecule has 0 aliphatic rings. The molecule has 5 heteroatoms. The molecule has 1 N–H and O–H groups in total. The zero-order valence-electron chi connectivity index (χ0n) is 8.22. The van der Waals surface area contributed by atoms with Crippen molar-refractivity contribution in [3.05, 3.63) is 53.3 Å². The molecule has 0 spiro atoms. The quantitative estimate of drug-likeness (QED) is 0.802. The second-order valence-electron chi connectivity index (χ2n) is 3.12. The molecule has 80 valence electrons. The highest BCUT2D eigenvalue weighted by molar-refractivity contribution is 5.56. The summed E-state index contributed by atoms with van der Waals surface area (Å²) >= 11 is 0. The fourth-order valence-electron chi connectivity index (χ4n) is 1.20. The Bertz CT molecular complexity index is 482. The summed E-state index contributed by atoms with van der Waals surface area (Å²) in [5, 5.41) is 5.70. The highest BCUT2D eigenvalue weighted by Crippen LogP contribution is 2.17. The fourth-order valence-corrected chi connectivity index (χ4v) is 1.20. The average molecular weight is 217 g/mol. The van der Waals surface area contributed by atoms with E-state index in [0.29, 0.717) is 5.82 Å². The molecule has 0 unspecified atom stereocenters. The third kappa shape index (κ3) is 2.38. The summed E-state index contributed by atoms with van der Waals surface area (Å²) in [7, 11) is 0. The molecule has 0 aliphatic heterocycles. The Kier molecular flexibility index (Phi) is 2.86. The second-order valence-corrected chi connectivity index (χ2v) is 3.12. The molecule has 2 rings (SSSR count). The molecule has 0 radical (unpaired) electrons. The number of nitroso groups, excluding NO2 is 1. The summed E-state index contributed by atoms with van der Waals surface area (Å²) < 4.78 is 12.6. The van der Waals surface area contributed by atoms with Crippen molar-refractivity contribution in [3.63, 3.8) is 0 Å². The number of nitrogens with zero attached hydrogens (tertiary/aromatic N) is 2. The van der Waals surface area contributed by atoms with E-state index in [4.69, 9.17) is 0 Å². The van der Waals surface area contributed by atoms with Gasteiger partial charge in [-0.25, -0.2) is 9.37 Å². The molecule has 0 atom stereocenters. The Morgan fingerprint density at radius 3 is 2.44 bits per heavy atom. The van der Waals surface area contributed by atoms with Crippen molar-refractivity contribution in [3.8, 4) is 0 Å². The number of benzene rings is 1. The number of halogens is 1. The molecule has 0 aliphatic carbocycles. The van der Waals surface area contributed by atoms with Crippen LogP contribution in [0.3, 0.4) is 0 Å². The van der Waals surface area contributed by atoms with Gasteiger partial charge < -0.3 is 5.32 Å². The average Bonchev–Trinajstić information content (AvgIpc) is 2.33. The molecule has 0 saturated carbocycles. The normalized spacial score (nSPS) is 9.81. The topological polar surface area (TPSA) is 54.4 Å². The summed E-state index contributed by atoms with van der Waals surface area (Å²) in [6, 6.07) is 9.07. The van der Waals surface area contributed by atoms with Gasteiger partial charge in [-0.1, -0.05) is 0 Å². The van der Waals surface area contributed by atoms with Crippen molar-refractivity contribution < 1.29 is 4.39 Å². The van der Waals surface area contributed by atoms with E-state index in [9.17, 15) is 9.30 Å². The number of hydrogen-bond donors (Lipinski definition) is 1. The lowest BCUT2D eigenvalue weighted by Gasteiger charge is -2.04. The smallest absolute Gasteiger partial charge is 0.130 e. The first-order valence-corrected chi connectivity index (χ1v) is 4.60. The zero-order chi connectivity index (χ0) is 11.4. The molecule has 0 amide bonds. The number of nitrogens with one attached hydrogen (secondary N) is 1. The van der Waals surface area contributed by atoms with E-state index in [1.54, 1.807) is 24.3 Å². The molecule has 1 heterocycles. The molecule has 0 saturated heterocycles. The van der Waals surface area contributed by atoms with Gasteiger partial charge in [0.05, 0.1) is 6.20 Å². The summed E-state index contributed by atoms with van der Waals surface area (Å²) in [5.74, 6) is 0.276. The lowest BCUT2D eigenvalue weighted by Crippen LogP contribution is -1.92. The maximum Gasteiger partial charge on any atom is 0.130 e. The van der Waals surface area contributed by atoms with Crippen molar-refractivity contribution in [2.24, 2.45) is 5.18 Å². The molecule has 0 bridgehead atoms. The van der Waals surface area contributed by atoms with E-state index in [0.717, 1.165) is 5.69 Å². The summed E-state index contributed by atoms with van der Waals surface area (Å²) in [5.41, 5.74) is 0.991. The third-order valence-electron chi connectivity index (χ3n) is 1.97. The Balaban J connectivity index is 2.14. The molecule has 0 fully saturated rings. The highest BCUT2D eigenvalue weighted by atomic mass is 19.1. The molecular weight excluding hydrogens is 209 g/mol. The minimum Gasteiger partial charge on any atom is -0.340 e. The molecule has 1 aromatic heterocycles. The van der Waals surface area contributed by atoms with Crippen LogP contribution in [-0.2, 0) is 0 Å². The Morgan fingerprint density at radius 1 is 1.12 bits per heavy atom. The van der Waals surface area contributed by atoms with Gasteiger partial charge in [0.25, 0.3) is 0 Å². The molecular formula is C11H8FN3O. The minimum absolute atomic E-state index is 0.268. The van der Waals surface area contributed by atoms with Gasteiger partial charge in [-0.05, 0) is 41.6 Å². The van der Waals surface area contributed by atoms with Crippen LogP contribution in [0.1, 0.15) is 0 Å². The predicted molar refractivity (Wildman–Crippen MR) is 59.4 cm³/mol. The number of rotatable bonds is 3. The van der Waals surface area contributed by atoms with E-state index in [-0.39, 0.29) is 11.5 Å². The van der Waals surface area contributed by atoms with E-state index in [2.05, 4.69) is 15.5 Å². The first-order valence-electron chi connectivity index (χ1n) is 4.60. The number of hydrogen-bond acceptors (Lipinski definition) is 4. The zero-order valence-corrected chi connectivity index (χ0v) is 8.22. The van der Waals surface area contributed by atoms with Crippen LogP contribution in [0.5, 0.6) is 0 Å². The lowest BCUT2D eigenvalue weighted by atomic mass is 10.3. The standard InChI is InChI=1S/C11H8FN3O/c12-8-1-3-9(4-2-8)14-11-6-5-10(15-16)7-13-11/h1-7H,(H,13,14). The highest BCUT2D eigenvalue weighted by Gasteiger charge is 1.97. The van der Waals surface area contributed by atoms with Crippen molar-refractivity contribution in [1.29, 1.82) is 0 Å². The van der Waals surface area contributed by atoms with E-state index in [1.165, 1.54) is 18.3 Å². The second kappa shape index (κ2) is 4.48. The third-order valence-corrected chi connectivity index (χ3v) is 1.97. The summed E-state index contributed by atoms with van der Waals surface area (Å²) in [6.07, 6.45) is 1.36. The number of aromatic nitrogens is 1. The van der Waals surface area contributed by atoms with Gasteiger partial charge in [-0.15, -0.1) is 4.91 Å². The molecule has 16 heavy (non-hydrogen) atoms. The Morgan fingerprint density at radius 2 is 1.88 bits per heavy atom.